The zero-order valence-electron chi connectivity index (χ0n) is 9.87. The van der Waals surface area contributed by atoms with Gasteiger partial charge in [-0.25, -0.2) is 9.97 Å². The van der Waals surface area contributed by atoms with E-state index < -0.39 is 0 Å². The number of aliphatic hydroxyl groups is 1. The predicted octanol–water partition coefficient (Wildman–Crippen LogP) is 2.29. The monoisotopic (exact) mass is 335 g/mol. The summed E-state index contributed by atoms with van der Waals surface area (Å²) in [6.45, 7) is 6.87. The predicted molar refractivity (Wildman–Crippen MR) is 73.3 cm³/mol. The van der Waals surface area contributed by atoms with Crippen molar-refractivity contribution < 1.29 is 5.11 Å². The third kappa shape index (κ3) is 5.07. The van der Waals surface area contributed by atoms with Crippen LogP contribution in [0.2, 0.25) is 0 Å². The van der Waals surface area contributed by atoms with Crippen molar-refractivity contribution in [2.45, 2.75) is 33.3 Å². The zero-order valence-corrected chi connectivity index (χ0v) is 12.0. The largest absolute Gasteiger partial charge is 0.391 e. The van der Waals surface area contributed by atoms with E-state index in [2.05, 4.69) is 58.6 Å². The van der Waals surface area contributed by atoms with Crippen LogP contribution in [0.3, 0.4) is 0 Å². The van der Waals surface area contributed by atoms with Gasteiger partial charge >= 0.3 is 0 Å². The van der Waals surface area contributed by atoms with Gasteiger partial charge in [0.05, 0.1) is 9.67 Å². The Morgan fingerprint density at radius 1 is 1.50 bits per heavy atom. The molecule has 1 unspecified atom stereocenters. The summed E-state index contributed by atoms with van der Waals surface area (Å²) in [6.07, 6.45) is 3.65. The molecule has 1 heterocycles. The highest BCUT2D eigenvalue weighted by Crippen LogP contribution is 2.21. The van der Waals surface area contributed by atoms with Crippen LogP contribution in [0.15, 0.2) is 12.5 Å². The second-order valence-corrected chi connectivity index (χ2v) is 6.18. The van der Waals surface area contributed by atoms with Gasteiger partial charge in [-0.3, -0.25) is 0 Å². The maximum atomic E-state index is 9.83. The smallest absolute Gasteiger partial charge is 0.142 e. The molecule has 1 aromatic heterocycles. The number of hydrogen-bond acceptors (Lipinski definition) is 4. The zero-order chi connectivity index (χ0) is 12.2. The van der Waals surface area contributed by atoms with E-state index in [1.165, 1.54) is 6.33 Å². The second kappa shape index (κ2) is 5.77. The summed E-state index contributed by atoms with van der Waals surface area (Å²) in [5.74, 6) is 0.781. The third-order valence-electron chi connectivity index (χ3n) is 2.02. The number of aromatic nitrogens is 2. The first kappa shape index (κ1) is 13.6. The summed E-state index contributed by atoms with van der Waals surface area (Å²) in [4.78, 5) is 8.02. The first-order valence-electron chi connectivity index (χ1n) is 5.26. The molecule has 0 amide bonds. The van der Waals surface area contributed by atoms with Crippen LogP contribution in [0.4, 0.5) is 5.82 Å². The molecule has 0 saturated carbocycles. The van der Waals surface area contributed by atoms with Crippen LogP contribution in [-0.4, -0.2) is 27.7 Å². The highest BCUT2D eigenvalue weighted by atomic mass is 127. The van der Waals surface area contributed by atoms with Crippen molar-refractivity contribution in [2.24, 2.45) is 5.41 Å². The molecule has 90 valence electrons. The van der Waals surface area contributed by atoms with Gasteiger partial charge in [0, 0.05) is 12.7 Å². The molecule has 0 aliphatic rings. The Bertz CT molecular complexity index is 338. The van der Waals surface area contributed by atoms with Gasteiger partial charge in [-0.15, -0.1) is 0 Å². The lowest BCUT2D eigenvalue weighted by Crippen LogP contribution is -2.25. The molecule has 1 aromatic rings. The van der Waals surface area contributed by atoms with Gasteiger partial charge < -0.3 is 10.4 Å². The number of halogens is 1. The lowest BCUT2D eigenvalue weighted by molar-refractivity contribution is 0.132. The number of anilines is 1. The minimum absolute atomic E-state index is 0.139. The van der Waals surface area contributed by atoms with E-state index in [1.807, 2.05) is 0 Å². The minimum atomic E-state index is -0.356. The minimum Gasteiger partial charge on any atom is -0.391 e. The average molecular weight is 335 g/mol. The van der Waals surface area contributed by atoms with Crippen molar-refractivity contribution >= 4 is 28.4 Å². The molecule has 5 heteroatoms. The van der Waals surface area contributed by atoms with Crippen LogP contribution >= 0.6 is 22.6 Å². The van der Waals surface area contributed by atoms with Crippen molar-refractivity contribution in [1.82, 2.24) is 9.97 Å². The van der Waals surface area contributed by atoms with Gasteiger partial charge in [-0.2, -0.15) is 0 Å². The van der Waals surface area contributed by atoms with Crippen molar-refractivity contribution in [3.63, 3.8) is 0 Å². The van der Waals surface area contributed by atoms with Crippen LogP contribution in [0, 0.1) is 8.99 Å². The number of rotatable bonds is 4. The number of aliphatic hydroxyl groups excluding tert-OH is 1. The molecule has 0 bridgehead atoms. The molecule has 0 fully saturated rings. The van der Waals surface area contributed by atoms with Crippen LogP contribution in [0.1, 0.15) is 27.2 Å². The fourth-order valence-electron chi connectivity index (χ4n) is 1.44. The highest BCUT2D eigenvalue weighted by molar-refractivity contribution is 14.1. The maximum absolute atomic E-state index is 9.83. The fraction of sp³-hybridized carbons (Fsp3) is 0.636. The molecule has 0 aromatic carbocycles. The molecular formula is C11H18IN3O. The Morgan fingerprint density at radius 2 is 2.19 bits per heavy atom. The molecule has 0 saturated heterocycles. The quantitative estimate of drug-likeness (QED) is 0.829. The molecular weight excluding hydrogens is 317 g/mol. The van der Waals surface area contributed by atoms with Gasteiger partial charge in [0.1, 0.15) is 12.1 Å². The van der Waals surface area contributed by atoms with Gasteiger partial charge in [-0.1, -0.05) is 20.8 Å². The number of hydrogen-bond donors (Lipinski definition) is 2. The molecule has 0 spiro atoms. The summed E-state index contributed by atoms with van der Waals surface area (Å²) in [6, 6.07) is 0. The van der Waals surface area contributed by atoms with Crippen LogP contribution in [0.25, 0.3) is 0 Å². The topological polar surface area (TPSA) is 58.0 Å². The standard InChI is InChI=1S/C11H18IN3O/c1-11(2,3)4-8(16)5-14-10-9(12)6-13-7-15-10/h6-8,16H,4-5H2,1-3H3,(H,13,14,15). The Morgan fingerprint density at radius 3 is 2.75 bits per heavy atom. The van der Waals surface area contributed by atoms with Gasteiger partial charge in [-0.05, 0) is 34.4 Å². The van der Waals surface area contributed by atoms with Crippen LogP contribution < -0.4 is 5.32 Å². The molecule has 16 heavy (non-hydrogen) atoms. The van der Waals surface area contributed by atoms with Crippen molar-refractivity contribution in [3.05, 3.63) is 16.1 Å². The normalized spacial score (nSPS) is 13.6. The Balaban J connectivity index is 2.43. The number of nitrogens with one attached hydrogen (secondary N) is 1. The first-order valence-corrected chi connectivity index (χ1v) is 6.34. The van der Waals surface area contributed by atoms with E-state index in [9.17, 15) is 5.11 Å². The van der Waals surface area contributed by atoms with Crippen molar-refractivity contribution in [2.75, 3.05) is 11.9 Å². The van der Waals surface area contributed by atoms with Gasteiger partial charge in [0.15, 0.2) is 0 Å². The Hall–Kier alpha value is -0.430. The third-order valence-corrected chi connectivity index (χ3v) is 2.81. The SMILES string of the molecule is CC(C)(C)CC(O)CNc1ncncc1I. The van der Waals surface area contributed by atoms with Crippen molar-refractivity contribution in [3.8, 4) is 0 Å². The summed E-state index contributed by atoms with van der Waals surface area (Å²) in [5, 5.41) is 13.0. The molecule has 0 aliphatic carbocycles. The van der Waals surface area contributed by atoms with Crippen molar-refractivity contribution in [1.29, 1.82) is 0 Å². The molecule has 1 atom stereocenters. The molecule has 4 nitrogen and oxygen atoms in total. The highest BCUT2D eigenvalue weighted by Gasteiger charge is 2.16. The van der Waals surface area contributed by atoms with E-state index in [-0.39, 0.29) is 11.5 Å². The molecule has 1 rings (SSSR count). The van der Waals surface area contributed by atoms with Crippen LogP contribution in [0.5, 0.6) is 0 Å². The Labute approximate surface area is 110 Å². The average Bonchev–Trinajstić information content (AvgIpc) is 2.14. The second-order valence-electron chi connectivity index (χ2n) is 5.02. The van der Waals surface area contributed by atoms with Crippen LogP contribution in [-0.2, 0) is 0 Å². The van der Waals surface area contributed by atoms with Gasteiger partial charge in [0.2, 0.25) is 0 Å². The van der Waals surface area contributed by atoms with E-state index in [0.29, 0.717) is 6.54 Å². The van der Waals surface area contributed by atoms with E-state index >= 15 is 0 Å². The molecule has 0 aliphatic heterocycles. The first-order chi connectivity index (χ1) is 7.38. The summed E-state index contributed by atoms with van der Waals surface area (Å²) < 4.78 is 0.961. The summed E-state index contributed by atoms with van der Waals surface area (Å²) >= 11 is 2.17. The fourth-order valence-corrected chi connectivity index (χ4v) is 1.93. The lowest BCUT2D eigenvalue weighted by atomic mass is 9.89. The molecule has 0 radical (unpaired) electrons. The van der Waals surface area contributed by atoms with E-state index in [0.717, 1.165) is 15.8 Å². The Kier molecular flexibility index (Phi) is 4.91. The lowest BCUT2D eigenvalue weighted by Gasteiger charge is -2.22. The summed E-state index contributed by atoms with van der Waals surface area (Å²) in [5.41, 5.74) is 0.139. The maximum Gasteiger partial charge on any atom is 0.142 e. The molecule has 2 N–H and O–H groups in total. The van der Waals surface area contributed by atoms with Gasteiger partial charge in [0.25, 0.3) is 0 Å². The summed E-state index contributed by atoms with van der Waals surface area (Å²) in [7, 11) is 0. The van der Waals surface area contributed by atoms with E-state index in [1.54, 1.807) is 6.20 Å². The number of nitrogens with zero attached hydrogens (tertiary/aromatic N) is 2. The van der Waals surface area contributed by atoms with E-state index in [4.69, 9.17) is 0 Å².